The van der Waals surface area contributed by atoms with E-state index in [-0.39, 0.29) is 12.5 Å². The SMILES string of the molecule is CC[C@@H](C)c1ccccc1OCC(=O)Nc1ccc(OC)cc1. The van der Waals surface area contributed by atoms with Gasteiger partial charge in [0.1, 0.15) is 11.5 Å². The molecule has 122 valence electrons. The lowest BCUT2D eigenvalue weighted by atomic mass is 9.98. The summed E-state index contributed by atoms with van der Waals surface area (Å²) in [4.78, 5) is 12.0. The Morgan fingerprint density at radius 1 is 1.13 bits per heavy atom. The van der Waals surface area contributed by atoms with Gasteiger partial charge in [-0.1, -0.05) is 32.0 Å². The summed E-state index contributed by atoms with van der Waals surface area (Å²) in [7, 11) is 1.61. The third-order valence-electron chi connectivity index (χ3n) is 3.79. The fraction of sp³-hybridized carbons (Fsp3) is 0.316. The standard InChI is InChI=1S/C19H23NO3/c1-4-14(2)17-7-5-6-8-18(17)23-13-19(21)20-15-9-11-16(22-3)12-10-15/h5-12,14H,4,13H2,1-3H3,(H,20,21)/t14-/m1/s1. The van der Waals surface area contributed by atoms with Gasteiger partial charge in [-0.2, -0.15) is 0 Å². The van der Waals surface area contributed by atoms with E-state index in [9.17, 15) is 4.79 Å². The van der Waals surface area contributed by atoms with Crippen molar-refractivity contribution in [3.63, 3.8) is 0 Å². The first-order valence-corrected chi connectivity index (χ1v) is 7.79. The molecular weight excluding hydrogens is 290 g/mol. The molecule has 2 aromatic carbocycles. The molecule has 0 radical (unpaired) electrons. The van der Waals surface area contributed by atoms with Crippen molar-refractivity contribution >= 4 is 11.6 Å². The summed E-state index contributed by atoms with van der Waals surface area (Å²) >= 11 is 0. The summed E-state index contributed by atoms with van der Waals surface area (Å²) in [5.74, 6) is 1.73. The molecule has 1 amide bonds. The first-order chi connectivity index (χ1) is 11.1. The van der Waals surface area contributed by atoms with Crippen molar-refractivity contribution in [1.82, 2.24) is 0 Å². The predicted octanol–water partition coefficient (Wildman–Crippen LogP) is 4.23. The first kappa shape index (κ1) is 16.9. The Morgan fingerprint density at radius 3 is 2.48 bits per heavy atom. The summed E-state index contributed by atoms with van der Waals surface area (Å²) < 4.78 is 10.8. The summed E-state index contributed by atoms with van der Waals surface area (Å²) in [5.41, 5.74) is 1.85. The number of para-hydroxylation sites is 1. The van der Waals surface area contributed by atoms with Gasteiger partial charge in [-0.15, -0.1) is 0 Å². The largest absolute Gasteiger partial charge is 0.497 e. The molecule has 0 saturated carbocycles. The molecule has 2 rings (SSSR count). The third-order valence-corrected chi connectivity index (χ3v) is 3.79. The molecule has 0 aliphatic carbocycles. The zero-order chi connectivity index (χ0) is 16.7. The van der Waals surface area contributed by atoms with Gasteiger partial charge in [0.2, 0.25) is 0 Å². The summed E-state index contributed by atoms with van der Waals surface area (Å²) in [6.45, 7) is 4.27. The summed E-state index contributed by atoms with van der Waals surface area (Å²) in [6.07, 6.45) is 1.03. The van der Waals surface area contributed by atoms with Crippen LogP contribution in [0.4, 0.5) is 5.69 Å². The molecule has 0 aromatic heterocycles. The molecule has 0 spiro atoms. The number of ether oxygens (including phenoxy) is 2. The Morgan fingerprint density at radius 2 is 1.83 bits per heavy atom. The van der Waals surface area contributed by atoms with Crippen molar-refractivity contribution in [2.75, 3.05) is 19.0 Å². The first-order valence-electron chi connectivity index (χ1n) is 7.79. The highest BCUT2D eigenvalue weighted by Gasteiger charge is 2.11. The number of carbonyl (C=O) groups excluding carboxylic acids is 1. The van der Waals surface area contributed by atoms with Crippen LogP contribution in [0.2, 0.25) is 0 Å². The van der Waals surface area contributed by atoms with Gasteiger partial charge in [-0.3, -0.25) is 4.79 Å². The van der Waals surface area contributed by atoms with E-state index in [1.165, 1.54) is 0 Å². The lowest BCUT2D eigenvalue weighted by molar-refractivity contribution is -0.118. The van der Waals surface area contributed by atoms with Gasteiger partial charge < -0.3 is 14.8 Å². The van der Waals surface area contributed by atoms with Crippen molar-refractivity contribution in [2.24, 2.45) is 0 Å². The van der Waals surface area contributed by atoms with E-state index in [0.29, 0.717) is 5.92 Å². The van der Waals surface area contributed by atoms with Crippen LogP contribution in [0.5, 0.6) is 11.5 Å². The van der Waals surface area contributed by atoms with Crippen LogP contribution < -0.4 is 14.8 Å². The van der Waals surface area contributed by atoms with Crippen LogP contribution in [0.3, 0.4) is 0 Å². The average molecular weight is 313 g/mol. The van der Waals surface area contributed by atoms with Crippen LogP contribution in [0, 0.1) is 0 Å². The molecule has 0 heterocycles. The highest BCUT2D eigenvalue weighted by molar-refractivity contribution is 5.91. The molecule has 0 aliphatic rings. The Labute approximate surface area is 137 Å². The number of hydrogen-bond acceptors (Lipinski definition) is 3. The van der Waals surface area contributed by atoms with Crippen molar-refractivity contribution in [2.45, 2.75) is 26.2 Å². The minimum absolute atomic E-state index is 0.0144. The maximum absolute atomic E-state index is 12.0. The Hall–Kier alpha value is -2.49. The molecule has 0 unspecified atom stereocenters. The molecule has 2 aromatic rings. The van der Waals surface area contributed by atoms with Crippen molar-refractivity contribution in [1.29, 1.82) is 0 Å². The van der Waals surface area contributed by atoms with Gasteiger partial charge in [0.25, 0.3) is 5.91 Å². The number of hydrogen-bond donors (Lipinski definition) is 1. The van der Waals surface area contributed by atoms with Gasteiger partial charge in [-0.05, 0) is 48.2 Å². The van der Waals surface area contributed by atoms with E-state index >= 15 is 0 Å². The molecule has 1 N–H and O–H groups in total. The van der Waals surface area contributed by atoms with Crippen LogP contribution >= 0.6 is 0 Å². The van der Waals surface area contributed by atoms with E-state index < -0.39 is 0 Å². The minimum Gasteiger partial charge on any atom is -0.497 e. The fourth-order valence-corrected chi connectivity index (χ4v) is 2.25. The van der Waals surface area contributed by atoms with Gasteiger partial charge in [-0.25, -0.2) is 0 Å². The predicted molar refractivity (Wildman–Crippen MR) is 92.3 cm³/mol. The number of amides is 1. The number of methoxy groups -OCH3 is 1. The van der Waals surface area contributed by atoms with E-state index in [0.717, 1.165) is 29.2 Å². The van der Waals surface area contributed by atoms with Crippen molar-refractivity contribution < 1.29 is 14.3 Å². The Bertz CT molecular complexity index is 637. The van der Waals surface area contributed by atoms with Gasteiger partial charge in [0.05, 0.1) is 7.11 Å². The number of benzene rings is 2. The number of carbonyl (C=O) groups is 1. The maximum atomic E-state index is 12.0. The smallest absolute Gasteiger partial charge is 0.262 e. The highest BCUT2D eigenvalue weighted by atomic mass is 16.5. The van der Waals surface area contributed by atoms with E-state index in [1.54, 1.807) is 31.4 Å². The molecule has 0 bridgehead atoms. The molecule has 1 atom stereocenters. The van der Waals surface area contributed by atoms with Crippen LogP contribution in [0.25, 0.3) is 0 Å². The third kappa shape index (κ3) is 4.74. The molecule has 23 heavy (non-hydrogen) atoms. The Balaban J connectivity index is 1.94. The topological polar surface area (TPSA) is 47.6 Å². The molecular formula is C19H23NO3. The zero-order valence-corrected chi connectivity index (χ0v) is 13.8. The fourth-order valence-electron chi connectivity index (χ4n) is 2.25. The normalized spacial score (nSPS) is 11.6. The molecule has 4 heteroatoms. The zero-order valence-electron chi connectivity index (χ0n) is 13.8. The van der Waals surface area contributed by atoms with E-state index in [1.807, 2.05) is 24.3 Å². The number of rotatable bonds is 7. The minimum atomic E-state index is -0.186. The molecule has 0 saturated heterocycles. The second-order valence-corrected chi connectivity index (χ2v) is 5.41. The number of anilines is 1. The van der Waals surface area contributed by atoms with Gasteiger partial charge in [0, 0.05) is 5.69 Å². The van der Waals surface area contributed by atoms with Gasteiger partial charge in [0.15, 0.2) is 6.61 Å². The number of nitrogens with one attached hydrogen (secondary N) is 1. The van der Waals surface area contributed by atoms with Crippen molar-refractivity contribution in [3.05, 3.63) is 54.1 Å². The average Bonchev–Trinajstić information content (AvgIpc) is 2.60. The van der Waals surface area contributed by atoms with Crippen molar-refractivity contribution in [3.8, 4) is 11.5 Å². The summed E-state index contributed by atoms with van der Waals surface area (Å²) in [6, 6.07) is 15.1. The van der Waals surface area contributed by atoms with Crippen LogP contribution in [0.15, 0.2) is 48.5 Å². The van der Waals surface area contributed by atoms with Gasteiger partial charge >= 0.3 is 0 Å². The molecule has 4 nitrogen and oxygen atoms in total. The molecule has 0 fully saturated rings. The lowest BCUT2D eigenvalue weighted by Crippen LogP contribution is -2.20. The second kappa shape index (κ2) is 8.22. The monoisotopic (exact) mass is 313 g/mol. The molecule has 0 aliphatic heterocycles. The lowest BCUT2D eigenvalue weighted by Gasteiger charge is -2.15. The van der Waals surface area contributed by atoms with Crippen LogP contribution in [0.1, 0.15) is 31.7 Å². The summed E-state index contributed by atoms with van der Waals surface area (Å²) in [5, 5.41) is 2.81. The quantitative estimate of drug-likeness (QED) is 0.832. The van der Waals surface area contributed by atoms with E-state index in [4.69, 9.17) is 9.47 Å². The van der Waals surface area contributed by atoms with Crippen LogP contribution in [-0.2, 0) is 4.79 Å². The van der Waals surface area contributed by atoms with Crippen LogP contribution in [-0.4, -0.2) is 19.6 Å². The second-order valence-electron chi connectivity index (χ2n) is 5.41. The van der Waals surface area contributed by atoms with E-state index in [2.05, 4.69) is 19.2 Å². The maximum Gasteiger partial charge on any atom is 0.262 e. The Kier molecular flexibility index (Phi) is 6.03. The highest BCUT2D eigenvalue weighted by Crippen LogP contribution is 2.28.